The first-order valence-corrected chi connectivity index (χ1v) is 6.50. The van der Waals surface area contributed by atoms with Crippen molar-refractivity contribution in [2.75, 3.05) is 5.73 Å². The molecule has 3 rings (SSSR count). The summed E-state index contributed by atoms with van der Waals surface area (Å²) < 4.78 is 21.8. The van der Waals surface area contributed by atoms with Crippen LogP contribution in [0.2, 0.25) is 0 Å². The van der Waals surface area contributed by atoms with Crippen molar-refractivity contribution in [3.8, 4) is 0 Å². The van der Waals surface area contributed by atoms with E-state index < -0.39 is 12.4 Å². The Labute approximate surface area is 110 Å². The fraction of sp³-hybridized carbons (Fsp3) is 0.538. The highest BCUT2D eigenvalue weighted by Crippen LogP contribution is 2.38. The zero-order valence-corrected chi connectivity index (χ0v) is 11.0. The molecule has 0 saturated carbocycles. The van der Waals surface area contributed by atoms with Crippen molar-refractivity contribution in [3.63, 3.8) is 0 Å². The molecular weight excluding hydrogens is 247 g/mol. The van der Waals surface area contributed by atoms with Crippen LogP contribution in [-0.2, 0) is 4.74 Å². The van der Waals surface area contributed by atoms with Crippen molar-refractivity contribution in [2.45, 2.75) is 38.8 Å². The van der Waals surface area contributed by atoms with Crippen molar-refractivity contribution >= 4 is 16.9 Å². The lowest BCUT2D eigenvalue weighted by Gasteiger charge is -2.15. The quantitative estimate of drug-likeness (QED) is 0.903. The molecule has 3 heterocycles. The Hall–Kier alpha value is -1.69. The third kappa shape index (κ3) is 1.78. The summed E-state index contributed by atoms with van der Waals surface area (Å²) in [6.07, 6.45) is 2.14. The van der Waals surface area contributed by atoms with Crippen LogP contribution in [0, 0.1) is 5.92 Å². The monoisotopic (exact) mass is 264 g/mol. The SMILES string of the molecule is CC[C@H]1O[C@@H](n2cnc3c(N)ccnc32)[C@@H](F)[C@@H]1C. The molecule has 0 unspecified atom stereocenters. The van der Waals surface area contributed by atoms with E-state index in [1.165, 1.54) is 0 Å². The number of imidazole rings is 1. The van der Waals surface area contributed by atoms with Gasteiger partial charge < -0.3 is 10.5 Å². The molecule has 0 aromatic carbocycles. The molecular formula is C13H17FN4O. The van der Waals surface area contributed by atoms with Gasteiger partial charge in [0.05, 0.1) is 18.1 Å². The van der Waals surface area contributed by atoms with Gasteiger partial charge in [-0.25, -0.2) is 14.4 Å². The molecule has 4 atom stereocenters. The van der Waals surface area contributed by atoms with E-state index >= 15 is 0 Å². The number of fused-ring (bicyclic) bond motifs is 1. The van der Waals surface area contributed by atoms with Crippen LogP contribution >= 0.6 is 0 Å². The molecule has 0 spiro atoms. The predicted molar refractivity (Wildman–Crippen MR) is 70.2 cm³/mol. The minimum absolute atomic E-state index is 0.0708. The molecule has 1 aliphatic rings. The van der Waals surface area contributed by atoms with Gasteiger partial charge in [-0.15, -0.1) is 0 Å². The number of alkyl halides is 1. The Balaban J connectivity index is 2.04. The van der Waals surface area contributed by atoms with E-state index in [0.717, 1.165) is 6.42 Å². The number of pyridine rings is 1. The average molecular weight is 264 g/mol. The number of aromatic nitrogens is 3. The second-order valence-electron chi connectivity index (χ2n) is 5.00. The van der Waals surface area contributed by atoms with E-state index in [-0.39, 0.29) is 12.0 Å². The van der Waals surface area contributed by atoms with Crippen LogP contribution in [0.3, 0.4) is 0 Å². The van der Waals surface area contributed by atoms with Crippen molar-refractivity contribution in [3.05, 3.63) is 18.6 Å². The first-order chi connectivity index (χ1) is 9.13. The fourth-order valence-corrected chi connectivity index (χ4v) is 2.67. The number of anilines is 1. The Bertz CT molecular complexity index is 599. The summed E-state index contributed by atoms with van der Waals surface area (Å²) in [4.78, 5) is 8.43. The Morgan fingerprint density at radius 3 is 2.95 bits per heavy atom. The third-order valence-electron chi connectivity index (χ3n) is 3.84. The van der Waals surface area contributed by atoms with Crippen LogP contribution in [0.1, 0.15) is 26.5 Å². The van der Waals surface area contributed by atoms with Crippen LogP contribution in [0.4, 0.5) is 10.1 Å². The number of hydrogen-bond acceptors (Lipinski definition) is 4. The Morgan fingerprint density at radius 2 is 2.26 bits per heavy atom. The summed E-state index contributed by atoms with van der Waals surface area (Å²) in [6, 6.07) is 1.68. The number of rotatable bonds is 2. The topological polar surface area (TPSA) is 66.0 Å². The van der Waals surface area contributed by atoms with E-state index in [2.05, 4.69) is 9.97 Å². The van der Waals surface area contributed by atoms with Gasteiger partial charge in [-0.3, -0.25) is 4.57 Å². The van der Waals surface area contributed by atoms with E-state index in [1.54, 1.807) is 23.2 Å². The minimum atomic E-state index is -1.06. The van der Waals surface area contributed by atoms with E-state index in [0.29, 0.717) is 16.9 Å². The minimum Gasteiger partial charge on any atom is -0.397 e. The number of nitrogen functional groups attached to an aromatic ring is 1. The molecule has 102 valence electrons. The van der Waals surface area contributed by atoms with Gasteiger partial charge in [0.15, 0.2) is 18.0 Å². The van der Waals surface area contributed by atoms with Gasteiger partial charge in [0, 0.05) is 12.1 Å². The molecule has 5 nitrogen and oxygen atoms in total. The van der Waals surface area contributed by atoms with Crippen LogP contribution in [0.5, 0.6) is 0 Å². The van der Waals surface area contributed by atoms with Gasteiger partial charge in [0.2, 0.25) is 0 Å². The number of halogens is 1. The number of hydrogen-bond donors (Lipinski definition) is 1. The second kappa shape index (κ2) is 4.45. The molecule has 0 aliphatic carbocycles. The van der Waals surface area contributed by atoms with Gasteiger partial charge in [-0.05, 0) is 12.5 Å². The van der Waals surface area contributed by atoms with E-state index in [1.807, 2.05) is 13.8 Å². The number of nitrogens with two attached hydrogens (primary N) is 1. The van der Waals surface area contributed by atoms with Gasteiger partial charge in [-0.1, -0.05) is 13.8 Å². The molecule has 0 amide bonds. The zero-order valence-electron chi connectivity index (χ0n) is 11.0. The predicted octanol–water partition coefficient (Wildman–Crippen LogP) is 2.30. The standard InChI is InChI=1S/C13H17FN4O/c1-3-9-7(2)10(14)13(19-9)18-6-17-11-8(15)4-5-16-12(11)18/h4-7,9-10,13H,3H2,1-2H3,(H2,15,16)/t7-,9-,10+,13-/m1/s1. The molecule has 2 aromatic rings. The summed E-state index contributed by atoms with van der Waals surface area (Å²) in [6.45, 7) is 3.87. The molecule has 2 aromatic heterocycles. The Kier molecular flexibility index (Phi) is 2.89. The molecule has 1 aliphatic heterocycles. The molecule has 2 N–H and O–H groups in total. The van der Waals surface area contributed by atoms with Gasteiger partial charge in [0.25, 0.3) is 0 Å². The maximum atomic E-state index is 14.4. The summed E-state index contributed by atoms with van der Waals surface area (Å²) in [5.74, 6) is -0.131. The average Bonchev–Trinajstić information content (AvgIpc) is 2.94. The second-order valence-corrected chi connectivity index (χ2v) is 5.00. The van der Waals surface area contributed by atoms with Gasteiger partial charge in [0.1, 0.15) is 5.52 Å². The highest BCUT2D eigenvalue weighted by Gasteiger charge is 2.42. The van der Waals surface area contributed by atoms with E-state index in [9.17, 15) is 4.39 Å². The normalized spacial score (nSPS) is 31.1. The molecule has 19 heavy (non-hydrogen) atoms. The first-order valence-electron chi connectivity index (χ1n) is 6.50. The van der Waals surface area contributed by atoms with Gasteiger partial charge in [-0.2, -0.15) is 0 Å². The highest BCUT2D eigenvalue weighted by molar-refractivity contribution is 5.83. The zero-order chi connectivity index (χ0) is 13.6. The first kappa shape index (κ1) is 12.3. The fourth-order valence-electron chi connectivity index (χ4n) is 2.67. The van der Waals surface area contributed by atoms with Crippen molar-refractivity contribution in [2.24, 2.45) is 5.92 Å². The molecule has 1 fully saturated rings. The lowest BCUT2D eigenvalue weighted by Crippen LogP contribution is -2.19. The highest BCUT2D eigenvalue weighted by atomic mass is 19.1. The smallest absolute Gasteiger partial charge is 0.168 e. The molecule has 0 radical (unpaired) electrons. The summed E-state index contributed by atoms with van der Waals surface area (Å²) in [5.41, 5.74) is 7.53. The van der Waals surface area contributed by atoms with E-state index in [4.69, 9.17) is 10.5 Å². The maximum absolute atomic E-state index is 14.4. The maximum Gasteiger partial charge on any atom is 0.168 e. The van der Waals surface area contributed by atoms with Crippen LogP contribution in [0.25, 0.3) is 11.2 Å². The summed E-state index contributed by atoms with van der Waals surface area (Å²) in [7, 11) is 0. The van der Waals surface area contributed by atoms with Crippen molar-refractivity contribution < 1.29 is 9.13 Å². The summed E-state index contributed by atoms with van der Waals surface area (Å²) in [5, 5.41) is 0. The molecule has 6 heteroatoms. The molecule has 1 saturated heterocycles. The van der Waals surface area contributed by atoms with Gasteiger partial charge >= 0.3 is 0 Å². The van der Waals surface area contributed by atoms with Crippen LogP contribution < -0.4 is 5.73 Å². The third-order valence-corrected chi connectivity index (χ3v) is 3.84. The molecule has 0 bridgehead atoms. The largest absolute Gasteiger partial charge is 0.397 e. The van der Waals surface area contributed by atoms with Crippen LogP contribution in [-0.4, -0.2) is 26.8 Å². The lowest BCUT2D eigenvalue weighted by molar-refractivity contribution is -0.0186. The number of ether oxygens (including phenoxy) is 1. The van der Waals surface area contributed by atoms with Crippen molar-refractivity contribution in [1.82, 2.24) is 14.5 Å². The lowest BCUT2D eigenvalue weighted by atomic mass is 10.00. The Morgan fingerprint density at radius 1 is 1.47 bits per heavy atom. The van der Waals surface area contributed by atoms with Crippen LogP contribution in [0.15, 0.2) is 18.6 Å². The summed E-state index contributed by atoms with van der Waals surface area (Å²) >= 11 is 0. The van der Waals surface area contributed by atoms with Crippen molar-refractivity contribution in [1.29, 1.82) is 0 Å². The number of nitrogens with zero attached hydrogens (tertiary/aromatic N) is 3.